The van der Waals surface area contributed by atoms with Gasteiger partial charge in [0.1, 0.15) is 0 Å². The summed E-state index contributed by atoms with van der Waals surface area (Å²) < 4.78 is 4.99. The van der Waals surface area contributed by atoms with E-state index in [2.05, 4.69) is 25.7 Å². The number of nitrogens with two attached hydrogens (primary N) is 1. The number of carbonyl (C=O) groups excluding carboxylic acids is 1. The van der Waals surface area contributed by atoms with Crippen molar-refractivity contribution in [1.82, 2.24) is 20.4 Å². The number of amides is 1. The van der Waals surface area contributed by atoms with Crippen LogP contribution in [0.1, 0.15) is 22.1 Å². The van der Waals surface area contributed by atoms with Crippen LogP contribution in [0.2, 0.25) is 0 Å². The quantitative estimate of drug-likeness (QED) is 0.669. The average Bonchev–Trinajstić information content (AvgIpc) is 2.76. The summed E-state index contributed by atoms with van der Waals surface area (Å²) in [7, 11) is 0. The average molecular weight is 222 g/mol. The number of nitrogens with one attached hydrogen (secondary N) is 2. The fourth-order valence-electron chi connectivity index (χ4n) is 1.11. The molecular formula is C8H10N6O2. The Balaban J connectivity index is 2.18. The molecule has 0 bridgehead atoms. The SMILES string of the molecule is Cc1nnc(NC(=O)c2n[nH]c(C)c2N)o1. The predicted molar refractivity (Wildman–Crippen MR) is 54.7 cm³/mol. The number of aromatic nitrogens is 4. The smallest absolute Gasteiger partial charge is 0.322 e. The minimum Gasteiger partial charge on any atom is -0.408 e. The normalized spacial score (nSPS) is 10.4. The molecule has 0 aliphatic rings. The fourth-order valence-corrected chi connectivity index (χ4v) is 1.11. The van der Waals surface area contributed by atoms with Gasteiger partial charge in [-0.2, -0.15) is 5.10 Å². The Hall–Kier alpha value is -2.38. The lowest BCUT2D eigenvalue weighted by Gasteiger charge is -1.97. The molecule has 0 saturated carbocycles. The van der Waals surface area contributed by atoms with Crippen LogP contribution in [0.25, 0.3) is 0 Å². The van der Waals surface area contributed by atoms with Crippen LogP contribution in [0.15, 0.2) is 4.42 Å². The number of carbonyl (C=O) groups is 1. The van der Waals surface area contributed by atoms with Crippen molar-refractivity contribution < 1.29 is 9.21 Å². The van der Waals surface area contributed by atoms with E-state index >= 15 is 0 Å². The summed E-state index contributed by atoms with van der Waals surface area (Å²) >= 11 is 0. The zero-order chi connectivity index (χ0) is 11.7. The van der Waals surface area contributed by atoms with E-state index in [0.717, 1.165) is 0 Å². The summed E-state index contributed by atoms with van der Waals surface area (Å²) in [6.07, 6.45) is 0. The van der Waals surface area contributed by atoms with E-state index in [-0.39, 0.29) is 11.7 Å². The second-order valence-corrected chi connectivity index (χ2v) is 3.19. The first-order chi connectivity index (χ1) is 7.58. The van der Waals surface area contributed by atoms with Crippen molar-refractivity contribution >= 4 is 17.6 Å². The van der Waals surface area contributed by atoms with Gasteiger partial charge in [0.2, 0.25) is 5.89 Å². The molecule has 0 atom stereocenters. The van der Waals surface area contributed by atoms with Gasteiger partial charge in [-0.05, 0) is 6.92 Å². The molecule has 2 aromatic heterocycles. The second-order valence-electron chi connectivity index (χ2n) is 3.19. The van der Waals surface area contributed by atoms with Crippen LogP contribution in [0.3, 0.4) is 0 Å². The van der Waals surface area contributed by atoms with Crippen LogP contribution in [-0.2, 0) is 0 Å². The summed E-state index contributed by atoms with van der Waals surface area (Å²) in [5.74, 6) is -0.132. The van der Waals surface area contributed by atoms with Crippen LogP contribution in [-0.4, -0.2) is 26.3 Å². The Morgan fingerprint density at radius 1 is 1.44 bits per heavy atom. The Kier molecular flexibility index (Phi) is 2.31. The third-order valence-corrected chi connectivity index (χ3v) is 1.96. The van der Waals surface area contributed by atoms with Gasteiger partial charge in [-0.15, -0.1) is 5.10 Å². The maximum absolute atomic E-state index is 11.7. The van der Waals surface area contributed by atoms with Gasteiger partial charge in [0.15, 0.2) is 5.69 Å². The van der Waals surface area contributed by atoms with Gasteiger partial charge in [0.05, 0.1) is 11.4 Å². The second kappa shape index (κ2) is 3.65. The number of nitrogens with zero attached hydrogens (tertiary/aromatic N) is 3. The van der Waals surface area contributed by atoms with Gasteiger partial charge in [-0.1, -0.05) is 5.10 Å². The highest BCUT2D eigenvalue weighted by atomic mass is 16.4. The number of aromatic amines is 1. The van der Waals surface area contributed by atoms with E-state index < -0.39 is 5.91 Å². The molecule has 0 spiro atoms. The van der Waals surface area contributed by atoms with Crippen LogP contribution in [0.4, 0.5) is 11.7 Å². The predicted octanol–water partition coefficient (Wildman–Crippen LogP) is 0.244. The van der Waals surface area contributed by atoms with E-state index in [0.29, 0.717) is 17.3 Å². The summed E-state index contributed by atoms with van der Waals surface area (Å²) in [6, 6.07) is 0.0163. The van der Waals surface area contributed by atoms with Crippen molar-refractivity contribution in [3.05, 3.63) is 17.3 Å². The van der Waals surface area contributed by atoms with Crippen molar-refractivity contribution in [3.8, 4) is 0 Å². The Morgan fingerprint density at radius 3 is 2.69 bits per heavy atom. The monoisotopic (exact) mass is 222 g/mol. The van der Waals surface area contributed by atoms with E-state index in [1.807, 2.05) is 0 Å². The summed E-state index contributed by atoms with van der Waals surface area (Å²) in [6.45, 7) is 3.34. The Labute approximate surface area is 90.2 Å². The van der Waals surface area contributed by atoms with Crippen LogP contribution >= 0.6 is 0 Å². The fraction of sp³-hybridized carbons (Fsp3) is 0.250. The molecule has 84 valence electrons. The molecule has 1 amide bonds. The molecule has 0 aliphatic heterocycles. The zero-order valence-corrected chi connectivity index (χ0v) is 8.74. The Bertz CT molecular complexity index is 528. The number of hydrogen-bond donors (Lipinski definition) is 3. The first-order valence-corrected chi connectivity index (χ1v) is 4.50. The molecule has 4 N–H and O–H groups in total. The van der Waals surface area contributed by atoms with E-state index in [4.69, 9.17) is 10.2 Å². The molecule has 8 heteroatoms. The lowest BCUT2D eigenvalue weighted by atomic mass is 10.3. The molecule has 0 saturated heterocycles. The highest BCUT2D eigenvalue weighted by Crippen LogP contribution is 2.14. The largest absolute Gasteiger partial charge is 0.408 e. The number of anilines is 2. The van der Waals surface area contributed by atoms with Gasteiger partial charge in [-0.3, -0.25) is 15.2 Å². The molecule has 2 rings (SSSR count). The molecule has 0 aliphatic carbocycles. The number of rotatable bonds is 2. The van der Waals surface area contributed by atoms with Crippen molar-refractivity contribution in [1.29, 1.82) is 0 Å². The van der Waals surface area contributed by atoms with Crippen LogP contribution < -0.4 is 11.1 Å². The minimum absolute atomic E-state index is 0.0163. The summed E-state index contributed by atoms with van der Waals surface area (Å²) in [5, 5.41) is 16.0. The van der Waals surface area contributed by atoms with Crippen LogP contribution in [0.5, 0.6) is 0 Å². The van der Waals surface area contributed by atoms with Crippen molar-refractivity contribution in [2.45, 2.75) is 13.8 Å². The lowest BCUT2D eigenvalue weighted by molar-refractivity contribution is 0.102. The van der Waals surface area contributed by atoms with Crippen molar-refractivity contribution in [2.75, 3.05) is 11.1 Å². The highest BCUT2D eigenvalue weighted by Gasteiger charge is 2.17. The molecule has 2 heterocycles. The van der Waals surface area contributed by atoms with Crippen molar-refractivity contribution in [3.63, 3.8) is 0 Å². The number of H-pyrrole nitrogens is 1. The standard InChI is InChI=1S/C8H10N6O2/c1-3-5(9)6(13-11-3)7(15)10-8-14-12-4(2)16-8/h9H2,1-2H3,(H,11,13)(H,10,14,15). The van der Waals surface area contributed by atoms with Gasteiger partial charge in [-0.25, -0.2) is 0 Å². The maximum Gasteiger partial charge on any atom is 0.322 e. The first-order valence-electron chi connectivity index (χ1n) is 4.50. The van der Waals surface area contributed by atoms with Gasteiger partial charge >= 0.3 is 6.01 Å². The number of hydrogen-bond acceptors (Lipinski definition) is 6. The maximum atomic E-state index is 11.7. The molecule has 16 heavy (non-hydrogen) atoms. The van der Waals surface area contributed by atoms with Crippen LogP contribution in [0, 0.1) is 13.8 Å². The first kappa shape index (κ1) is 10.1. The van der Waals surface area contributed by atoms with Gasteiger partial charge < -0.3 is 10.2 Å². The summed E-state index contributed by atoms with van der Waals surface area (Å²) in [4.78, 5) is 11.7. The van der Waals surface area contributed by atoms with Gasteiger partial charge in [0.25, 0.3) is 5.91 Å². The van der Waals surface area contributed by atoms with Gasteiger partial charge in [0, 0.05) is 6.92 Å². The summed E-state index contributed by atoms with van der Waals surface area (Å²) in [5.41, 5.74) is 6.68. The molecule has 0 fully saturated rings. The topological polar surface area (TPSA) is 123 Å². The van der Waals surface area contributed by atoms with Crippen molar-refractivity contribution in [2.24, 2.45) is 0 Å². The van der Waals surface area contributed by atoms with E-state index in [9.17, 15) is 4.79 Å². The highest BCUT2D eigenvalue weighted by molar-refractivity contribution is 6.05. The van der Waals surface area contributed by atoms with E-state index in [1.165, 1.54) is 0 Å². The molecule has 0 radical (unpaired) electrons. The third kappa shape index (κ3) is 1.72. The molecule has 0 aromatic carbocycles. The lowest BCUT2D eigenvalue weighted by Crippen LogP contribution is -2.14. The minimum atomic E-state index is -0.495. The molecule has 8 nitrogen and oxygen atoms in total. The Morgan fingerprint density at radius 2 is 2.19 bits per heavy atom. The van der Waals surface area contributed by atoms with E-state index in [1.54, 1.807) is 13.8 Å². The molecule has 2 aromatic rings. The molecule has 0 unspecified atom stereocenters. The zero-order valence-electron chi connectivity index (χ0n) is 8.74. The molecular weight excluding hydrogens is 212 g/mol. The number of aryl methyl sites for hydroxylation is 2. The third-order valence-electron chi connectivity index (χ3n) is 1.96. The number of nitrogen functional groups attached to an aromatic ring is 1.